The molecule has 1 heterocycles. The summed E-state index contributed by atoms with van der Waals surface area (Å²) in [6.45, 7) is 2.26. The maximum Gasteiger partial charge on any atom is 0.0628 e. The average Bonchev–Trinajstić information content (AvgIpc) is 2.83. The fourth-order valence-electron chi connectivity index (χ4n) is 2.52. The van der Waals surface area contributed by atoms with Crippen molar-refractivity contribution in [1.29, 1.82) is 0 Å². The normalized spacial score (nSPS) is 12.8. The summed E-state index contributed by atoms with van der Waals surface area (Å²) in [5.41, 5.74) is 4.07. The largest absolute Gasteiger partial charge is 0.271 e. The molecule has 0 aliphatic heterocycles. The Morgan fingerprint density at radius 1 is 1.16 bits per heavy atom. The van der Waals surface area contributed by atoms with Crippen molar-refractivity contribution in [2.75, 3.05) is 0 Å². The highest BCUT2D eigenvalue weighted by molar-refractivity contribution is 5.05. The van der Waals surface area contributed by atoms with Crippen LogP contribution in [0.25, 0.3) is 0 Å². The van der Waals surface area contributed by atoms with Crippen LogP contribution < -0.4 is 11.3 Å². The Hall–Kier alpha value is -0.870. The van der Waals surface area contributed by atoms with Gasteiger partial charge in [-0.05, 0) is 12.5 Å². The third-order valence-electron chi connectivity index (χ3n) is 3.76. The number of hydrogen-bond donors (Lipinski definition) is 2. The lowest BCUT2D eigenvalue weighted by Crippen LogP contribution is -2.29. The van der Waals surface area contributed by atoms with Crippen molar-refractivity contribution in [1.82, 2.24) is 15.2 Å². The number of rotatable bonds is 11. The molecule has 0 fully saturated rings. The molecule has 0 saturated heterocycles. The second-order valence-corrected chi connectivity index (χ2v) is 5.36. The molecule has 0 amide bonds. The second-order valence-electron chi connectivity index (χ2n) is 5.36. The zero-order chi connectivity index (χ0) is 13.9. The molecule has 1 unspecified atom stereocenters. The van der Waals surface area contributed by atoms with Gasteiger partial charge in [0, 0.05) is 13.2 Å². The molecule has 0 aromatic carbocycles. The van der Waals surface area contributed by atoms with E-state index in [1.54, 1.807) is 0 Å². The highest BCUT2D eigenvalue weighted by Gasteiger charge is 2.12. The quantitative estimate of drug-likeness (QED) is 0.366. The number of hydrogen-bond acceptors (Lipinski definition) is 3. The Balaban J connectivity index is 2.09. The van der Waals surface area contributed by atoms with Crippen molar-refractivity contribution >= 4 is 0 Å². The van der Waals surface area contributed by atoms with Crippen LogP contribution in [0.2, 0.25) is 0 Å². The van der Waals surface area contributed by atoms with Gasteiger partial charge >= 0.3 is 0 Å². The molecule has 19 heavy (non-hydrogen) atoms. The summed E-state index contributed by atoms with van der Waals surface area (Å²) in [7, 11) is 1.97. The van der Waals surface area contributed by atoms with Gasteiger partial charge in [0.15, 0.2) is 0 Å². The van der Waals surface area contributed by atoms with Crippen LogP contribution in [0.1, 0.15) is 76.4 Å². The Labute approximate surface area is 117 Å². The van der Waals surface area contributed by atoms with E-state index in [9.17, 15) is 0 Å². The van der Waals surface area contributed by atoms with E-state index in [1.807, 2.05) is 24.0 Å². The molecule has 0 spiro atoms. The van der Waals surface area contributed by atoms with Crippen molar-refractivity contribution in [2.24, 2.45) is 12.9 Å². The lowest BCUT2D eigenvalue weighted by Gasteiger charge is -2.15. The molecule has 3 N–H and O–H groups in total. The summed E-state index contributed by atoms with van der Waals surface area (Å²) in [6.07, 6.45) is 13.7. The fraction of sp³-hybridized carbons (Fsp3) is 0.800. The van der Waals surface area contributed by atoms with Crippen LogP contribution in [-0.2, 0) is 7.05 Å². The standard InChI is InChI=1S/C15H30N4/c1-3-4-5-6-7-8-9-10-11-14(18-16)15-12-13-17-19(15)2/h12-14,18H,3-11,16H2,1-2H3. The average molecular weight is 266 g/mol. The van der Waals surface area contributed by atoms with E-state index >= 15 is 0 Å². The Kier molecular flexibility index (Phi) is 8.50. The zero-order valence-electron chi connectivity index (χ0n) is 12.6. The number of aryl methyl sites for hydroxylation is 1. The van der Waals surface area contributed by atoms with Crippen LogP contribution >= 0.6 is 0 Å². The summed E-state index contributed by atoms with van der Waals surface area (Å²) in [6, 6.07) is 2.27. The third-order valence-corrected chi connectivity index (χ3v) is 3.76. The molecular weight excluding hydrogens is 236 g/mol. The number of nitrogens with two attached hydrogens (primary N) is 1. The molecule has 1 rings (SSSR count). The van der Waals surface area contributed by atoms with E-state index in [0.717, 1.165) is 6.42 Å². The van der Waals surface area contributed by atoms with Gasteiger partial charge in [-0.1, -0.05) is 58.3 Å². The Morgan fingerprint density at radius 3 is 2.32 bits per heavy atom. The van der Waals surface area contributed by atoms with Crippen LogP contribution in [0.4, 0.5) is 0 Å². The van der Waals surface area contributed by atoms with Gasteiger partial charge in [0.1, 0.15) is 0 Å². The number of nitrogens with one attached hydrogen (secondary N) is 1. The van der Waals surface area contributed by atoms with Crippen molar-refractivity contribution in [3.63, 3.8) is 0 Å². The van der Waals surface area contributed by atoms with Gasteiger partial charge < -0.3 is 0 Å². The van der Waals surface area contributed by atoms with Gasteiger partial charge in [0.25, 0.3) is 0 Å². The third kappa shape index (κ3) is 6.21. The highest BCUT2D eigenvalue weighted by Crippen LogP contribution is 2.19. The van der Waals surface area contributed by atoms with Crippen molar-refractivity contribution in [2.45, 2.75) is 70.8 Å². The van der Waals surface area contributed by atoms with Crippen molar-refractivity contribution < 1.29 is 0 Å². The van der Waals surface area contributed by atoms with Gasteiger partial charge in [-0.15, -0.1) is 0 Å². The Morgan fingerprint density at radius 2 is 1.79 bits per heavy atom. The van der Waals surface area contributed by atoms with E-state index in [-0.39, 0.29) is 6.04 Å². The maximum absolute atomic E-state index is 5.64. The molecule has 0 aliphatic carbocycles. The van der Waals surface area contributed by atoms with Gasteiger partial charge in [-0.3, -0.25) is 16.0 Å². The summed E-state index contributed by atoms with van der Waals surface area (Å²) >= 11 is 0. The maximum atomic E-state index is 5.64. The van der Waals surface area contributed by atoms with E-state index in [0.29, 0.717) is 0 Å². The first-order valence-electron chi connectivity index (χ1n) is 7.73. The van der Waals surface area contributed by atoms with Crippen molar-refractivity contribution in [3.8, 4) is 0 Å². The minimum absolute atomic E-state index is 0.229. The van der Waals surface area contributed by atoms with Crippen LogP contribution in [0.15, 0.2) is 12.3 Å². The summed E-state index contributed by atoms with van der Waals surface area (Å²) in [4.78, 5) is 0. The molecule has 0 radical (unpaired) electrons. The van der Waals surface area contributed by atoms with Crippen LogP contribution in [0, 0.1) is 0 Å². The first kappa shape index (κ1) is 16.2. The molecule has 0 aliphatic rings. The van der Waals surface area contributed by atoms with Crippen molar-refractivity contribution in [3.05, 3.63) is 18.0 Å². The first-order valence-corrected chi connectivity index (χ1v) is 7.73. The Bertz CT molecular complexity index is 322. The molecule has 0 bridgehead atoms. The second kappa shape index (κ2) is 9.98. The molecule has 1 aromatic heterocycles. The molecule has 1 atom stereocenters. The number of hydrazine groups is 1. The lowest BCUT2D eigenvalue weighted by atomic mass is 10.0. The molecule has 0 saturated carbocycles. The summed E-state index contributed by atoms with van der Waals surface area (Å²) < 4.78 is 1.90. The SMILES string of the molecule is CCCCCCCCCCC(NN)c1ccnn1C. The molecular formula is C15H30N4. The topological polar surface area (TPSA) is 55.9 Å². The van der Waals surface area contributed by atoms with E-state index in [4.69, 9.17) is 5.84 Å². The smallest absolute Gasteiger partial charge is 0.0628 e. The summed E-state index contributed by atoms with van der Waals surface area (Å²) in [5, 5.41) is 4.19. The highest BCUT2D eigenvalue weighted by atomic mass is 15.3. The molecule has 4 nitrogen and oxygen atoms in total. The van der Waals surface area contributed by atoms with E-state index in [2.05, 4.69) is 17.4 Å². The number of aromatic nitrogens is 2. The lowest BCUT2D eigenvalue weighted by molar-refractivity contribution is 0.451. The predicted octanol–water partition coefficient (Wildman–Crippen LogP) is 3.46. The van der Waals surface area contributed by atoms with Gasteiger partial charge in [0.2, 0.25) is 0 Å². The number of nitrogens with zero attached hydrogens (tertiary/aromatic N) is 2. The number of unbranched alkanes of at least 4 members (excludes halogenated alkanes) is 7. The fourth-order valence-corrected chi connectivity index (χ4v) is 2.52. The van der Waals surface area contributed by atoms with Crippen LogP contribution in [0.3, 0.4) is 0 Å². The predicted molar refractivity (Wildman–Crippen MR) is 80.5 cm³/mol. The van der Waals surface area contributed by atoms with Gasteiger partial charge in [0.05, 0.1) is 11.7 Å². The van der Waals surface area contributed by atoms with E-state index < -0.39 is 0 Å². The van der Waals surface area contributed by atoms with Gasteiger partial charge in [-0.25, -0.2) is 0 Å². The zero-order valence-corrected chi connectivity index (χ0v) is 12.6. The molecule has 1 aromatic rings. The molecule has 4 heteroatoms. The first-order chi connectivity index (χ1) is 9.29. The van der Waals surface area contributed by atoms with Crippen LogP contribution in [0.5, 0.6) is 0 Å². The minimum Gasteiger partial charge on any atom is -0.271 e. The molecule has 110 valence electrons. The van der Waals surface area contributed by atoms with Gasteiger partial charge in [-0.2, -0.15) is 5.10 Å². The minimum atomic E-state index is 0.229. The van der Waals surface area contributed by atoms with E-state index in [1.165, 1.54) is 57.1 Å². The monoisotopic (exact) mass is 266 g/mol. The van der Waals surface area contributed by atoms with Crippen LogP contribution in [-0.4, -0.2) is 9.78 Å². The summed E-state index contributed by atoms with van der Waals surface area (Å²) in [5.74, 6) is 5.64.